The molecule has 0 aliphatic carbocycles. The number of carboxylic acid groups (broad SMARTS) is 1. The second-order valence-corrected chi connectivity index (χ2v) is 5.55. The highest BCUT2D eigenvalue weighted by Gasteiger charge is 2.15. The molecule has 5 heteroatoms. The van der Waals surface area contributed by atoms with Crippen LogP contribution in [0.3, 0.4) is 0 Å². The van der Waals surface area contributed by atoms with E-state index in [1.165, 1.54) is 12.3 Å². The van der Waals surface area contributed by atoms with Crippen molar-refractivity contribution in [3.8, 4) is 5.75 Å². The van der Waals surface area contributed by atoms with E-state index in [1.54, 1.807) is 0 Å². The summed E-state index contributed by atoms with van der Waals surface area (Å²) in [5, 5.41) is 9.73. The molecule has 0 radical (unpaired) electrons. The lowest BCUT2D eigenvalue weighted by atomic mass is 10.0. The van der Waals surface area contributed by atoms with Gasteiger partial charge in [0.25, 0.3) is 0 Å². The Balaban J connectivity index is 2.22. The van der Waals surface area contributed by atoms with Crippen molar-refractivity contribution < 1.29 is 19.1 Å². The molecule has 1 aromatic heterocycles. The van der Waals surface area contributed by atoms with Gasteiger partial charge in [-0.25, -0.2) is 4.79 Å². The number of rotatable bonds is 5. The van der Waals surface area contributed by atoms with E-state index in [0.717, 1.165) is 11.1 Å². The molecule has 0 unspecified atom stereocenters. The van der Waals surface area contributed by atoms with Gasteiger partial charge in [0.15, 0.2) is 5.76 Å². The first kappa shape index (κ1) is 15.4. The maximum atomic E-state index is 11.0. The minimum Gasteiger partial charge on any atom is -0.485 e. The SMILES string of the molecule is Cc1cc(Cl)c(C(C)C)cc1OCc1occc1C(=O)O. The van der Waals surface area contributed by atoms with Crippen molar-refractivity contribution in [3.63, 3.8) is 0 Å². The van der Waals surface area contributed by atoms with Crippen LogP contribution in [0.15, 0.2) is 28.9 Å². The molecule has 2 rings (SSSR count). The van der Waals surface area contributed by atoms with Gasteiger partial charge >= 0.3 is 5.97 Å². The van der Waals surface area contributed by atoms with Crippen molar-refractivity contribution in [3.05, 3.63) is 51.9 Å². The van der Waals surface area contributed by atoms with Crippen molar-refractivity contribution in [2.45, 2.75) is 33.3 Å². The summed E-state index contributed by atoms with van der Waals surface area (Å²) in [6, 6.07) is 5.16. The fraction of sp³-hybridized carbons (Fsp3) is 0.312. The number of aryl methyl sites for hydroxylation is 1. The van der Waals surface area contributed by atoms with E-state index in [9.17, 15) is 4.79 Å². The van der Waals surface area contributed by atoms with Crippen LogP contribution < -0.4 is 4.74 Å². The number of hydrogen-bond donors (Lipinski definition) is 1. The van der Waals surface area contributed by atoms with Crippen LogP contribution in [0.5, 0.6) is 5.75 Å². The molecule has 0 bridgehead atoms. The van der Waals surface area contributed by atoms with Crippen LogP contribution in [0.25, 0.3) is 0 Å². The quantitative estimate of drug-likeness (QED) is 0.874. The van der Waals surface area contributed by atoms with Crippen LogP contribution in [-0.4, -0.2) is 11.1 Å². The van der Waals surface area contributed by atoms with Crippen LogP contribution in [0.2, 0.25) is 5.02 Å². The largest absolute Gasteiger partial charge is 0.485 e. The smallest absolute Gasteiger partial charge is 0.339 e. The number of furan rings is 1. The lowest BCUT2D eigenvalue weighted by Crippen LogP contribution is -2.04. The normalized spacial score (nSPS) is 10.9. The molecule has 1 N–H and O–H groups in total. The van der Waals surface area contributed by atoms with Crippen molar-refractivity contribution in [2.75, 3.05) is 0 Å². The summed E-state index contributed by atoms with van der Waals surface area (Å²) in [5.41, 5.74) is 2.01. The third kappa shape index (κ3) is 3.39. The van der Waals surface area contributed by atoms with E-state index in [2.05, 4.69) is 13.8 Å². The zero-order chi connectivity index (χ0) is 15.6. The van der Waals surface area contributed by atoms with Crippen molar-refractivity contribution >= 4 is 17.6 Å². The van der Waals surface area contributed by atoms with Crippen LogP contribution >= 0.6 is 11.6 Å². The van der Waals surface area contributed by atoms with Crippen LogP contribution in [-0.2, 0) is 6.61 Å². The number of carboxylic acids is 1. The van der Waals surface area contributed by atoms with Crippen LogP contribution in [0.1, 0.15) is 47.0 Å². The minimum absolute atomic E-state index is 0.0641. The molecule has 1 heterocycles. The molecule has 0 aliphatic heterocycles. The average molecular weight is 309 g/mol. The van der Waals surface area contributed by atoms with E-state index in [4.69, 9.17) is 25.9 Å². The van der Waals surface area contributed by atoms with Gasteiger partial charge in [-0.2, -0.15) is 0 Å². The maximum Gasteiger partial charge on any atom is 0.339 e. The maximum absolute atomic E-state index is 11.0. The minimum atomic E-state index is -1.03. The first-order valence-electron chi connectivity index (χ1n) is 6.62. The lowest BCUT2D eigenvalue weighted by molar-refractivity contribution is 0.0692. The summed E-state index contributed by atoms with van der Waals surface area (Å²) in [6.45, 7) is 6.06. The third-order valence-electron chi connectivity index (χ3n) is 3.25. The van der Waals surface area contributed by atoms with Crippen LogP contribution in [0.4, 0.5) is 0 Å². The second-order valence-electron chi connectivity index (χ2n) is 5.15. The summed E-state index contributed by atoms with van der Waals surface area (Å²) < 4.78 is 10.9. The number of carbonyl (C=O) groups is 1. The van der Waals surface area contributed by atoms with Crippen molar-refractivity contribution in [2.24, 2.45) is 0 Å². The predicted molar refractivity (Wildman–Crippen MR) is 80.3 cm³/mol. The second kappa shape index (κ2) is 6.22. The number of hydrogen-bond acceptors (Lipinski definition) is 3. The standard InChI is InChI=1S/C16H17ClO4/c1-9(2)12-7-14(10(3)6-13(12)17)21-8-15-11(16(18)19)4-5-20-15/h4-7,9H,8H2,1-3H3,(H,18,19). The molecule has 0 saturated carbocycles. The molecule has 0 fully saturated rings. The predicted octanol–water partition coefficient (Wildman–Crippen LogP) is 4.64. The topological polar surface area (TPSA) is 59.7 Å². The Morgan fingerprint density at radius 3 is 2.76 bits per heavy atom. The summed E-state index contributed by atoms with van der Waals surface area (Å²) in [6.07, 6.45) is 1.34. The Morgan fingerprint density at radius 1 is 1.43 bits per heavy atom. The van der Waals surface area contributed by atoms with E-state index < -0.39 is 5.97 Å². The molecule has 0 spiro atoms. The lowest BCUT2D eigenvalue weighted by Gasteiger charge is -2.14. The highest BCUT2D eigenvalue weighted by molar-refractivity contribution is 6.31. The summed E-state index contributed by atoms with van der Waals surface area (Å²) in [7, 11) is 0. The van der Waals surface area contributed by atoms with E-state index >= 15 is 0 Å². The first-order valence-corrected chi connectivity index (χ1v) is 7.00. The number of aromatic carboxylic acids is 1. The molecule has 0 saturated heterocycles. The Morgan fingerprint density at radius 2 is 2.14 bits per heavy atom. The molecule has 4 nitrogen and oxygen atoms in total. The summed E-state index contributed by atoms with van der Waals surface area (Å²) in [4.78, 5) is 11.0. The Labute approximate surface area is 128 Å². The van der Waals surface area contributed by atoms with Gasteiger partial charge in [0.2, 0.25) is 0 Å². The zero-order valence-electron chi connectivity index (χ0n) is 12.1. The Kier molecular flexibility index (Phi) is 4.58. The van der Waals surface area contributed by atoms with Gasteiger partial charge in [0, 0.05) is 5.02 Å². The molecule has 0 amide bonds. The third-order valence-corrected chi connectivity index (χ3v) is 3.58. The van der Waals surface area contributed by atoms with Gasteiger partial charge in [-0.3, -0.25) is 0 Å². The summed E-state index contributed by atoms with van der Waals surface area (Å²) >= 11 is 6.21. The molecular weight excluding hydrogens is 292 g/mol. The average Bonchev–Trinajstić information content (AvgIpc) is 2.85. The van der Waals surface area contributed by atoms with Crippen LogP contribution in [0, 0.1) is 6.92 Å². The van der Waals surface area contributed by atoms with Gasteiger partial charge in [-0.05, 0) is 42.2 Å². The molecule has 2 aromatic rings. The number of ether oxygens (including phenoxy) is 1. The van der Waals surface area contributed by atoms with Gasteiger partial charge in [-0.1, -0.05) is 25.4 Å². The van der Waals surface area contributed by atoms with Gasteiger partial charge in [0.05, 0.1) is 6.26 Å². The zero-order valence-corrected chi connectivity index (χ0v) is 12.9. The first-order chi connectivity index (χ1) is 9.90. The van der Waals surface area contributed by atoms with E-state index in [-0.39, 0.29) is 18.1 Å². The highest BCUT2D eigenvalue weighted by Crippen LogP contribution is 2.32. The molecular formula is C16H17ClO4. The fourth-order valence-electron chi connectivity index (χ4n) is 2.05. The summed E-state index contributed by atoms with van der Waals surface area (Å²) in [5.74, 6) is 0.218. The molecule has 0 aliphatic rings. The van der Waals surface area contributed by atoms with Crippen molar-refractivity contribution in [1.29, 1.82) is 0 Å². The molecule has 112 valence electrons. The molecule has 1 aromatic carbocycles. The fourth-order valence-corrected chi connectivity index (χ4v) is 2.49. The molecule has 0 atom stereocenters. The highest BCUT2D eigenvalue weighted by atomic mass is 35.5. The van der Waals surface area contributed by atoms with Gasteiger partial charge < -0.3 is 14.3 Å². The Hall–Kier alpha value is -1.94. The van der Waals surface area contributed by atoms with E-state index in [0.29, 0.717) is 16.5 Å². The number of halogens is 1. The Bertz CT molecular complexity index is 658. The van der Waals surface area contributed by atoms with Crippen molar-refractivity contribution in [1.82, 2.24) is 0 Å². The van der Waals surface area contributed by atoms with Gasteiger partial charge in [-0.15, -0.1) is 0 Å². The monoisotopic (exact) mass is 308 g/mol. The molecule has 21 heavy (non-hydrogen) atoms. The van der Waals surface area contributed by atoms with Gasteiger partial charge in [0.1, 0.15) is 17.9 Å². The number of benzene rings is 1. The van der Waals surface area contributed by atoms with E-state index in [1.807, 2.05) is 19.1 Å².